The Morgan fingerprint density at radius 3 is 2.42 bits per heavy atom. The molecule has 0 heterocycles. The van der Waals surface area contributed by atoms with Crippen LogP contribution in [0.4, 0.5) is 5.69 Å². The fourth-order valence-corrected chi connectivity index (χ4v) is 2.08. The molecule has 0 aliphatic heterocycles. The van der Waals surface area contributed by atoms with Gasteiger partial charge in [0.15, 0.2) is 0 Å². The molecule has 0 saturated carbocycles. The number of nitrogens with two attached hydrogens (primary N) is 1. The molecule has 0 radical (unpaired) electrons. The van der Waals surface area contributed by atoms with Crippen molar-refractivity contribution >= 4 is 24.0 Å². The number of nitrogens with one attached hydrogen (secondary N) is 1. The Hall–Kier alpha value is -2.24. The van der Waals surface area contributed by atoms with Gasteiger partial charge in [-0.25, -0.2) is 0 Å². The lowest BCUT2D eigenvalue weighted by atomic mass is 10.1. The number of benzene rings is 2. The summed E-state index contributed by atoms with van der Waals surface area (Å²) in [6.45, 7) is 2.00. The lowest BCUT2D eigenvalue weighted by molar-refractivity contribution is -0.117. The lowest BCUT2D eigenvalue weighted by Gasteiger charge is -2.12. The van der Waals surface area contributed by atoms with Gasteiger partial charge in [0.05, 0.1) is 13.2 Å². The monoisotopic (exact) mass is 350 g/mol. The van der Waals surface area contributed by atoms with E-state index < -0.39 is 6.04 Å². The van der Waals surface area contributed by atoms with Crippen molar-refractivity contribution in [3.05, 3.63) is 48.5 Å². The number of rotatable bonds is 7. The minimum absolute atomic E-state index is 0. The number of hydrogen-bond donors (Lipinski definition) is 2. The predicted octanol–water partition coefficient (Wildman–Crippen LogP) is 3.98. The minimum atomic E-state index is -0.479. The first kappa shape index (κ1) is 19.8. The van der Waals surface area contributed by atoms with Gasteiger partial charge in [-0.3, -0.25) is 4.79 Å². The molecule has 0 fully saturated rings. The largest absolute Gasteiger partial charge is 0.497 e. The Morgan fingerprint density at radius 1 is 1.12 bits per heavy atom. The molecule has 24 heavy (non-hydrogen) atoms. The normalized spacial score (nSPS) is 11.1. The van der Waals surface area contributed by atoms with Gasteiger partial charge in [-0.05, 0) is 42.8 Å². The van der Waals surface area contributed by atoms with Crippen molar-refractivity contribution < 1.29 is 14.3 Å². The van der Waals surface area contributed by atoms with E-state index in [9.17, 15) is 4.79 Å². The molecule has 0 aliphatic carbocycles. The summed E-state index contributed by atoms with van der Waals surface area (Å²) < 4.78 is 10.9. The van der Waals surface area contributed by atoms with E-state index in [-0.39, 0.29) is 18.3 Å². The number of ether oxygens (including phenoxy) is 2. The van der Waals surface area contributed by atoms with E-state index in [1.165, 1.54) is 0 Å². The van der Waals surface area contributed by atoms with E-state index in [2.05, 4.69) is 5.32 Å². The summed E-state index contributed by atoms with van der Waals surface area (Å²) in [5.74, 6) is 1.92. The van der Waals surface area contributed by atoms with Gasteiger partial charge in [0, 0.05) is 11.8 Å². The second-order valence-electron chi connectivity index (χ2n) is 5.19. The van der Waals surface area contributed by atoms with Crippen LogP contribution >= 0.6 is 12.4 Å². The summed E-state index contributed by atoms with van der Waals surface area (Å²) in [6, 6.07) is 14.0. The van der Waals surface area contributed by atoms with E-state index in [4.69, 9.17) is 15.2 Å². The second-order valence-corrected chi connectivity index (χ2v) is 5.19. The number of hydrogen-bond acceptors (Lipinski definition) is 4. The van der Waals surface area contributed by atoms with Crippen molar-refractivity contribution in [2.75, 3.05) is 12.4 Å². The average molecular weight is 351 g/mol. The molecule has 1 atom stereocenters. The fraction of sp³-hybridized carbons (Fsp3) is 0.278. The second kappa shape index (κ2) is 9.80. The van der Waals surface area contributed by atoms with Crippen molar-refractivity contribution in [1.82, 2.24) is 0 Å². The zero-order valence-electron chi connectivity index (χ0n) is 13.8. The molecule has 5 nitrogen and oxygen atoms in total. The van der Waals surface area contributed by atoms with Crippen LogP contribution in [0.3, 0.4) is 0 Å². The molecule has 2 aromatic carbocycles. The third-order valence-electron chi connectivity index (χ3n) is 3.34. The Balaban J connectivity index is 0.00000288. The van der Waals surface area contributed by atoms with Gasteiger partial charge in [0.25, 0.3) is 0 Å². The smallest absolute Gasteiger partial charge is 0.241 e. The number of carbonyl (C=O) groups is 1. The molecule has 0 aromatic heterocycles. The standard InChI is InChI=1S/C18H22N2O3.ClH/c1-3-5-17(19)18(21)20-13-8-10-14(11-9-13)23-16-7-4-6-15(12-16)22-2;/h4,6-12,17H,3,5,19H2,1-2H3,(H,20,21);1H. The van der Waals surface area contributed by atoms with Crippen molar-refractivity contribution in [1.29, 1.82) is 0 Å². The molecule has 2 rings (SSSR count). The van der Waals surface area contributed by atoms with E-state index in [0.29, 0.717) is 23.6 Å². The molecule has 0 bridgehead atoms. The van der Waals surface area contributed by atoms with Gasteiger partial charge in [0.1, 0.15) is 17.2 Å². The van der Waals surface area contributed by atoms with E-state index >= 15 is 0 Å². The summed E-state index contributed by atoms with van der Waals surface area (Å²) in [5.41, 5.74) is 6.48. The molecule has 2 aromatic rings. The quantitative estimate of drug-likeness (QED) is 0.792. The molecule has 1 amide bonds. The summed E-state index contributed by atoms with van der Waals surface area (Å²) in [4.78, 5) is 11.9. The van der Waals surface area contributed by atoms with Gasteiger partial charge in [0.2, 0.25) is 5.91 Å². The lowest BCUT2D eigenvalue weighted by Crippen LogP contribution is -2.35. The van der Waals surface area contributed by atoms with E-state index in [0.717, 1.165) is 12.2 Å². The maximum Gasteiger partial charge on any atom is 0.241 e. The number of anilines is 1. The topological polar surface area (TPSA) is 73.6 Å². The van der Waals surface area contributed by atoms with Crippen LogP contribution in [0, 0.1) is 0 Å². The number of halogens is 1. The van der Waals surface area contributed by atoms with Crippen LogP contribution in [-0.2, 0) is 4.79 Å². The molecule has 0 spiro atoms. The maximum atomic E-state index is 11.9. The minimum Gasteiger partial charge on any atom is -0.497 e. The van der Waals surface area contributed by atoms with Crippen LogP contribution in [-0.4, -0.2) is 19.1 Å². The molecular weight excluding hydrogens is 328 g/mol. The number of amides is 1. The van der Waals surface area contributed by atoms with Crippen LogP contribution in [0.2, 0.25) is 0 Å². The highest BCUT2D eigenvalue weighted by atomic mass is 35.5. The third kappa shape index (κ3) is 5.76. The predicted molar refractivity (Wildman–Crippen MR) is 98.3 cm³/mol. The molecule has 0 saturated heterocycles. The zero-order valence-corrected chi connectivity index (χ0v) is 14.6. The highest BCUT2D eigenvalue weighted by Crippen LogP contribution is 2.26. The molecule has 6 heteroatoms. The molecular formula is C18H23ClN2O3. The highest BCUT2D eigenvalue weighted by molar-refractivity contribution is 5.94. The summed E-state index contributed by atoms with van der Waals surface area (Å²) in [5, 5.41) is 2.80. The van der Waals surface area contributed by atoms with Crippen molar-refractivity contribution in [2.45, 2.75) is 25.8 Å². The Morgan fingerprint density at radius 2 is 1.79 bits per heavy atom. The first-order chi connectivity index (χ1) is 11.1. The van der Waals surface area contributed by atoms with Crippen molar-refractivity contribution in [3.63, 3.8) is 0 Å². The van der Waals surface area contributed by atoms with E-state index in [1.54, 1.807) is 37.4 Å². The van der Waals surface area contributed by atoms with E-state index in [1.807, 2.05) is 25.1 Å². The zero-order chi connectivity index (χ0) is 16.7. The molecule has 130 valence electrons. The van der Waals surface area contributed by atoms with Crippen LogP contribution in [0.1, 0.15) is 19.8 Å². The number of methoxy groups -OCH3 is 1. The fourth-order valence-electron chi connectivity index (χ4n) is 2.08. The Labute approximate surface area is 148 Å². The van der Waals surface area contributed by atoms with Gasteiger partial charge < -0.3 is 20.5 Å². The number of carbonyl (C=O) groups excluding carboxylic acids is 1. The first-order valence-electron chi connectivity index (χ1n) is 7.60. The Kier molecular flexibility index (Phi) is 8.09. The van der Waals surface area contributed by atoms with Gasteiger partial charge in [-0.1, -0.05) is 19.4 Å². The van der Waals surface area contributed by atoms with Gasteiger partial charge in [-0.2, -0.15) is 0 Å². The first-order valence-corrected chi connectivity index (χ1v) is 7.60. The van der Waals surface area contributed by atoms with Gasteiger partial charge in [-0.15, -0.1) is 12.4 Å². The third-order valence-corrected chi connectivity index (χ3v) is 3.34. The summed E-state index contributed by atoms with van der Waals surface area (Å²) in [6.07, 6.45) is 1.55. The summed E-state index contributed by atoms with van der Waals surface area (Å²) >= 11 is 0. The average Bonchev–Trinajstić information content (AvgIpc) is 2.57. The highest BCUT2D eigenvalue weighted by Gasteiger charge is 2.12. The van der Waals surface area contributed by atoms with Gasteiger partial charge >= 0.3 is 0 Å². The van der Waals surface area contributed by atoms with Crippen LogP contribution in [0.25, 0.3) is 0 Å². The molecule has 3 N–H and O–H groups in total. The van der Waals surface area contributed by atoms with Crippen LogP contribution in [0.15, 0.2) is 48.5 Å². The SMILES string of the molecule is CCCC(N)C(=O)Nc1ccc(Oc2cccc(OC)c2)cc1.Cl. The Bertz CT molecular complexity index is 647. The van der Waals surface area contributed by atoms with Crippen LogP contribution in [0.5, 0.6) is 17.2 Å². The maximum absolute atomic E-state index is 11.9. The molecule has 1 unspecified atom stereocenters. The van der Waals surface area contributed by atoms with Crippen molar-refractivity contribution in [3.8, 4) is 17.2 Å². The molecule has 0 aliphatic rings. The van der Waals surface area contributed by atoms with Crippen LogP contribution < -0.4 is 20.5 Å². The summed E-state index contributed by atoms with van der Waals surface area (Å²) in [7, 11) is 1.61. The van der Waals surface area contributed by atoms with Crippen molar-refractivity contribution in [2.24, 2.45) is 5.73 Å².